The molecule has 0 bridgehead atoms. The largest absolute Gasteiger partial charge is 0.268 e. The monoisotopic (exact) mass is 390 g/mol. The first-order chi connectivity index (χ1) is 14.0. The number of benzene rings is 2. The number of halogens is 2. The molecule has 0 N–H and O–H groups in total. The van der Waals surface area contributed by atoms with Crippen molar-refractivity contribution in [3.8, 4) is 5.69 Å². The summed E-state index contributed by atoms with van der Waals surface area (Å²) in [6.45, 7) is 1.69. The molecule has 2 aromatic carbocycles. The van der Waals surface area contributed by atoms with Gasteiger partial charge in [0, 0.05) is 6.20 Å². The van der Waals surface area contributed by atoms with Gasteiger partial charge in [0.1, 0.15) is 11.6 Å². The number of para-hydroxylation sites is 1. The number of imide groups is 1. The number of rotatable bonds is 2. The second-order valence-corrected chi connectivity index (χ2v) is 6.62. The van der Waals surface area contributed by atoms with Crippen molar-refractivity contribution in [2.45, 2.75) is 6.92 Å². The highest BCUT2D eigenvalue weighted by Gasteiger charge is 2.40. The fourth-order valence-electron chi connectivity index (χ4n) is 3.57. The highest BCUT2D eigenvalue weighted by atomic mass is 19.1. The zero-order chi connectivity index (χ0) is 20.3. The molecule has 29 heavy (non-hydrogen) atoms. The third-order valence-electron chi connectivity index (χ3n) is 4.89. The van der Waals surface area contributed by atoms with Crippen molar-refractivity contribution in [2.24, 2.45) is 0 Å². The molecule has 4 aromatic rings. The molecule has 3 heterocycles. The Morgan fingerprint density at radius 1 is 0.931 bits per heavy atom. The number of aryl methyl sites for hydroxylation is 1. The van der Waals surface area contributed by atoms with Crippen LogP contribution in [0.3, 0.4) is 0 Å². The van der Waals surface area contributed by atoms with Crippen LogP contribution in [0.25, 0.3) is 16.7 Å². The average Bonchev–Trinajstić information content (AvgIpc) is 3.18. The summed E-state index contributed by atoms with van der Waals surface area (Å²) in [6.07, 6.45) is 1.29. The van der Waals surface area contributed by atoms with E-state index in [1.54, 1.807) is 13.0 Å². The van der Waals surface area contributed by atoms with E-state index in [1.807, 2.05) is 0 Å². The van der Waals surface area contributed by atoms with Crippen molar-refractivity contribution in [3.63, 3.8) is 0 Å². The van der Waals surface area contributed by atoms with E-state index in [1.165, 1.54) is 53.3 Å². The second kappa shape index (κ2) is 6.03. The smallest absolute Gasteiger partial charge is 0.267 e. The lowest BCUT2D eigenvalue weighted by atomic mass is 10.1. The highest BCUT2D eigenvalue weighted by Crippen LogP contribution is 2.35. The molecule has 2 amide bonds. The first kappa shape index (κ1) is 17.2. The van der Waals surface area contributed by atoms with Gasteiger partial charge in [-0.1, -0.05) is 12.1 Å². The first-order valence-corrected chi connectivity index (χ1v) is 8.75. The van der Waals surface area contributed by atoms with E-state index >= 15 is 0 Å². The molecule has 0 fully saturated rings. The Morgan fingerprint density at radius 2 is 1.66 bits per heavy atom. The van der Waals surface area contributed by atoms with Crippen LogP contribution in [-0.4, -0.2) is 26.6 Å². The van der Waals surface area contributed by atoms with Gasteiger partial charge < -0.3 is 0 Å². The number of nitrogens with zero attached hydrogens (tertiary/aromatic N) is 4. The Bertz CT molecular complexity index is 1330. The van der Waals surface area contributed by atoms with E-state index in [9.17, 15) is 18.4 Å². The van der Waals surface area contributed by atoms with E-state index in [0.29, 0.717) is 22.4 Å². The summed E-state index contributed by atoms with van der Waals surface area (Å²) >= 11 is 0. The van der Waals surface area contributed by atoms with Crippen molar-refractivity contribution < 1.29 is 18.4 Å². The Balaban J connectivity index is 1.73. The maximum atomic E-state index is 14.3. The maximum Gasteiger partial charge on any atom is 0.267 e. The summed E-state index contributed by atoms with van der Waals surface area (Å²) in [5, 5.41) is 4.82. The van der Waals surface area contributed by atoms with Crippen LogP contribution in [0.1, 0.15) is 26.4 Å². The number of carbonyl (C=O) groups is 2. The number of carbonyl (C=O) groups excluding carboxylic acids is 2. The van der Waals surface area contributed by atoms with Crippen LogP contribution in [0.5, 0.6) is 0 Å². The zero-order valence-corrected chi connectivity index (χ0v) is 15.1. The fourth-order valence-corrected chi connectivity index (χ4v) is 3.57. The number of hydrogen-bond donors (Lipinski definition) is 0. The number of aromatic nitrogens is 3. The molecular weight excluding hydrogens is 378 g/mol. The summed E-state index contributed by atoms with van der Waals surface area (Å²) in [4.78, 5) is 31.1. The van der Waals surface area contributed by atoms with E-state index < -0.39 is 23.4 Å². The molecule has 6 nitrogen and oxygen atoms in total. The minimum Gasteiger partial charge on any atom is -0.268 e. The van der Waals surface area contributed by atoms with Crippen LogP contribution in [0.4, 0.5) is 14.5 Å². The van der Waals surface area contributed by atoms with E-state index in [0.717, 1.165) is 4.90 Å². The van der Waals surface area contributed by atoms with Gasteiger partial charge in [0.15, 0.2) is 5.65 Å². The number of fused-ring (bicyclic) bond motifs is 3. The summed E-state index contributed by atoms with van der Waals surface area (Å²) in [7, 11) is 0. The van der Waals surface area contributed by atoms with Crippen molar-refractivity contribution in [2.75, 3.05) is 4.90 Å². The van der Waals surface area contributed by atoms with Crippen molar-refractivity contribution in [1.82, 2.24) is 14.8 Å². The van der Waals surface area contributed by atoms with Gasteiger partial charge in [0.05, 0.1) is 33.6 Å². The molecule has 5 rings (SSSR count). The van der Waals surface area contributed by atoms with Crippen LogP contribution < -0.4 is 4.90 Å². The van der Waals surface area contributed by atoms with Gasteiger partial charge in [0.2, 0.25) is 0 Å². The van der Waals surface area contributed by atoms with Crippen LogP contribution in [0.15, 0.2) is 54.7 Å². The Morgan fingerprint density at radius 3 is 2.38 bits per heavy atom. The second-order valence-electron chi connectivity index (χ2n) is 6.62. The van der Waals surface area contributed by atoms with Crippen molar-refractivity contribution in [1.29, 1.82) is 0 Å². The topological polar surface area (TPSA) is 68.1 Å². The lowest BCUT2D eigenvalue weighted by molar-refractivity contribution is 0.0925. The molecule has 0 aliphatic carbocycles. The third kappa shape index (κ3) is 2.39. The molecule has 0 saturated carbocycles. The number of hydrogen-bond acceptors (Lipinski definition) is 4. The molecule has 1 aliphatic rings. The highest BCUT2D eigenvalue weighted by molar-refractivity contribution is 6.37. The van der Waals surface area contributed by atoms with Gasteiger partial charge in [-0.2, -0.15) is 5.10 Å². The number of pyridine rings is 1. The summed E-state index contributed by atoms with van der Waals surface area (Å²) in [5.74, 6) is -2.34. The standard InChI is InChI=1S/C21H12F2N4O2/c1-11-17-18-14(20(28)26(21(18)29)16-5-3-2-4-15(16)23)10-24-19(17)27(25-11)13-8-6-12(22)7-9-13/h2-10H,1H3. The zero-order valence-electron chi connectivity index (χ0n) is 15.1. The Kier molecular flexibility index (Phi) is 3.57. The quantitative estimate of drug-likeness (QED) is 0.488. The fraction of sp³-hybridized carbons (Fsp3) is 0.0476. The lowest BCUT2D eigenvalue weighted by Crippen LogP contribution is -2.30. The SMILES string of the molecule is Cc1nn(-c2ccc(F)cc2)c2ncc3c(c12)C(=O)N(c1ccccc1F)C3=O. The van der Waals surface area contributed by atoms with Crippen LogP contribution in [-0.2, 0) is 0 Å². The molecule has 0 atom stereocenters. The van der Waals surface area contributed by atoms with Gasteiger partial charge in [-0.3, -0.25) is 9.59 Å². The first-order valence-electron chi connectivity index (χ1n) is 8.75. The molecule has 0 saturated heterocycles. The van der Waals surface area contributed by atoms with Crippen LogP contribution in [0.2, 0.25) is 0 Å². The van der Waals surface area contributed by atoms with Crippen molar-refractivity contribution >= 4 is 28.5 Å². The molecule has 142 valence electrons. The Labute approximate surface area is 163 Å². The summed E-state index contributed by atoms with van der Waals surface area (Å²) in [5.41, 5.74) is 1.49. The molecule has 0 unspecified atom stereocenters. The van der Waals surface area contributed by atoms with E-state index in [2.05, 4.69) is 10.1 Å². The molecule has 1 aliphatic heterocycles. The molecule has 0 spiro atoms. The van der Waals surface area contributed by atoms with Gasteiger partial charge in [0.25, 0.3) is 11.8 Å². The van der Waals surface area contributed by atoms with Crippen LogP contribution >= 0.6 is 0 Å². The minimum atomic E-state index is -0.676. The molecular formula is C21H12F2N4O2. The maximum absolute atomic E-state index is 14.3. The van der Waals surface area contributed by atoms with Gasteiger partial charge in [-0.05, 0) is 43.3 Å². The van der Waals surface area contributed by atoms with Crippen molar-refractivity contribution in [3.05, 3.63) is 83.2 Å². The van der Waals surface area contributed by atoms with Gasteiger partial charge in [-0.15, -0.1) is 0 Å². The normalized spacial score (nSPS) is 13.4. The third-order valence-corrected chi connectivity index (χ3v) is 4.89. The predicted octanol–water partition coefficient (Wildman–Crippen LogP) is 3.81. The molecule has 0 radical (unpaired) electrons. The van der Waals surface area contributed by atoms with E-state index in [-0.39, 0.29) is 16.8 Å². The molecule has 2 aromatic heterocycles. The number of amides is 2. The Hall–Kier alpha value is -3.94. The molecule has 8 heteroatoms. The van der Waals surface area contributed by atoms with E-state index in [4.69, 9.17) is 0 Å². The number of anilines is 1. The minimum absolute atomic E-state index is 0.0903. The summed E-state index contributed by atoms with van der Waals surface area (Å²) in [6, 6.07) is 11.2. The predicted molar refractivity (Wildman–Crippen MR) is 101 cm³/mol. The van der Waals surface area contributed by atoms with Crippen LogP contribution in [0, 0.1) is 18.6 Å². The van der Waals surface area contributed by atoms with Gasteiger partial charge in [-0.25, -0.2) is 23.3 Å². The van der Waals surface area contributed by atoms with Gasteiger partial charge >= 0.3 is 0 Å². The summed E-state index contributed by atoms with van der Waals surface area (Å²) < 4.78 is 29.0. The lowest BCUT2D eigenvalue weighted by Gasteiger charge is -2.14. The average molecular weight is 390 g/mol.